The summed E-state index contributed by atoms with van der Waals surface area (Å²) in [6.45, 7) is 1.86. The second-order valence-corrected chi connectivity index (χ2v) is 8.60. The Bertz CT molecular complexity index is 758. The number of carbonyl (C=O) groups excluding carboxylic acids is 1. The van der Waals surface area contributed by atoms with Crippen LogP contribution in [0, 0.1) is 5.92 Å². The SMILES string of the molecule is O=C1CC[C@]2(O)[C@@H]3Cc4ccc(O)c(O)c4[C@]2(CCN3CC2CC2)C1. The van der Waals surface area contributed by atoms with Crippen LogP contribution in [0.25, 0.3) is 0 Å². The van der Waals surface area contributed by atoms with Crippen molar-refractivity contribution in [1.82, 2.24) is 4.90 Å². The Kier molecular flexibility index (Phi) is 3.12. The summed E-state index contributed by atoms with van der Waals surface area (Å²) in [6.07, 6.45) is 4.99. The van der Waals surface area contributed by atoms with Crippen molar-refractivity contribution >= 4 is 5.78 Å². The number of phenols is 2. The lowest BCUT2D eigenvalue weighted by Crippen LogP contribution is -2.73. The minimum Gasteiger partial charge on any atom is -0.504 e. The molecule has 25 heavy (non-hydrogen) atoms. The lowest BCUT2D eigenvalue weighted by atomic mass is 9.49. The fraction of sp³-hybridized carbons (Fsp3) is 0.650. The molecular weight excluding hydrogens is 318 g/mol. The van der Waals surface area contributed by atoms with Crippen molar-refractivity contribution in [3.05, 3.63) is 23.3 Å². The Labute approximate surface area is 147 Å². The lowest BCUT2D eigenvalue weighted by molar-refractivity contribution is -0.173. The van der Waals surface area contributed by atoms with Crippen LogP contribution in [0.5, 0.6) is 11.5 Å². The highest BCUT2D eigenvalue weighted by Crippen LogP contribution is 2.60. The number of hydrogen-bond donors (Lipinski definition) is 3. The third-order valence-corrected chi connectivity index (χ3v) is 7.25. The predicted molar refractivity (Wildman–Crippen MR) is 91.7 cm³/mol. The van der Waals surface area contributed by atoms with Crippen molar-refractivity contribution in [2.75, 3.05) is 13.1 Å². The molecule has 134 valence electrons. The molecule has 1 aromatic carbocycles. The Hall–Kier alpha value is -1.59. The van der Waals surface area contributed by atoms with E-state index in [-0.39, 0.29) is 29.7 Å². The zero-order valence-corrected chi connectivity index (χ0v) is 14.4. The number of hydrogen-bond acceptors (Lipinski definition) is 5. The van der Waals surface area contributed by atoms with Crippen molar-refractivity contribution in [3.63, 3.8) is 0 Å². The molecule has 0 unspecified atom stereocenters. The van der Waals surface area contributed by atoms with Crippen LogP contribution in [0.1, 0.15) is 49.7 Å². The molecular formula is C20H25NO4. The van der Waals surface area contributed by atoms with Crippen LogP contribution in [0.2, 0.25) is 0 Å². The fourth-order valence-corrected chi connectivity index (χ4v) is 5.84. The number of aromatic hydroxyl groups is 2. The van der Waals surface area contributed by atoms with Crippen molar-refractivity contribution < 1.29 is 20.1 Å². The van der Waals surface area contributed by atoms with Crippen LogP contribution < -0.4 is 0 Å². The molecule has 4 aliphatic rings. The normalized spacial score (nSPS) is 37.5. The molecule has 1 aromatic rings. The summed E-state index contributed by atoms with van der Waals surface area (Å²) >= 11 is 0. The molecule has 5 heteroatoms. The van der Waals surface area contributed by atoms with Gasteiger partial charge in [0.05, 0.1) is 5.60 Å². The monoisotopic (exact) mass is 343 g/mol. The molecule has 5 rings (SSSR count). The maximum absolute atomic E-state index is 12.4. The lowest BCUT2D eigenvalue weighted by Gasteiger charge is -2.63. The first-order chi connectivity index (χ1) is 11.9. The number of rotatable bonds is 2. The minimum absolute atomic E-state index is 0.00797. The number of piperidine rings is 1. The van der Waals surface area contributed by atoms with E-state index in [0.717, 1.165) is 24.6 Å². The first kappa shape index (κ1) is 15.6. The first-order valence-electron chi connectivity index (χ1n) is 9.47. The van der Waals surface area contributed by atoms with Gasteiger partial charge in [0.15, 0.2) is 11.5 Å². The zero-order chi connectivity index (χ0) is 17.4. The predicted octanol–water partition coefficient (Wildman–Crippen LogP) is 1.86. The van der Waals surface area contributed by atoms with Gasteiger partial charge in [0, 0.05) is 36.4 Å². The Balaban J connectivity index is 1.69. The van der Waals surface area contributed by atoms with Gasteiger partial charge in [0.2, 0.25) is 0 Å². The average molecular weight is 343 g/mol. The highest BCUT2D eigenvalue weighted by Gasteiger charge is 2.65. The number of carbonyl (C=O) groups is 1. The number of benzene rings is 1. The topological polar surface area (TPSA) is 81.0 Å². The van der Waals surface area contributed by atoms with Gasteiger partial charge in [-0.1, -0.05) is 6.07 Å². The molecule has 5 nitrogen and oxygen atoms in total. The Morgan fingerprint density at radius 1 is 1.20 bits per heavy atom. The van der Waals surface area contributed by atoms with E-state index >= 15 is 0 Å². The fourth-order valence-electron chi connectivity index (χ4n) is 5.84. The van der Waals surface area contributed by atoms with Gasteiger partial charge >= 0.3 is 0 Å². The molecule has 0 amide bonds. The van der Waals surface area contributed by atoms with Crippen molar-refractivity contribution in [2.24, 2.45) is 5.92 Å². The Morgan fingerprint density at radius 2 is 2.00 bits per heavy atom. The second-order valence-electron chi connectivity index (χ2n) is 8.60. The van der Waals surface area contributed by atoms with Gasteiger partial charge < -0.3 is 15.3 Å². The van der Waals surface area contributed by atoms with Crippen LogP contribution in [-0.4, -0.2) is 50.7 Å². The van der Waals surface area contributed by atoms with Gasteiger partial charge in [0.25, 0.3) is 0 Å². The van der Waals surface area contributed by atoms with Gasteiger partial charge in [-0.15, -0.1) is 0 Å². The van der Waals surface area contributed by atoms with Crippen LogP contribution in [0.3, 0.4) is 0 Å². The van der Waals surface area contributed by atoms with Crippen LogP contribution in [0.15, 0.2) is 12.1 Å². The molecule has 2 bridgehead atoms. The largest absolute Gasteiger partial charge is 0.504 e. The number of phenolic OH excluding ortho intramolecular Hbond substituents is 2. The number of Topliss-reactive ketones (excluding diaryl/α,β-unsaturated/α-hetero) is 1. The van der Waals surface area contributed by atoms with E-state index in [2.05, 4.69) is 4.90 Å². The maximum Gasteiger partial charge on any atom is 0.161 e. The zero-order valence-electron chi connectivity index (χ0n) is 14.4. The van der Waals surface area contributed by atoms with E-state index in [4.69, 9.17) is 0 Å². The van der Waals surface area contributed by atoms with Gasteiger partial charge in [-0.2, -0.15) is 0 Å². The average Bonchev–Trinajstić information content (AvgIpc) is 3.38. The first-order valence-corrected chi connectivity index (χ1v) is 9.47. The highest BCUT2D eigenvalue weighted by atomic mass is 16.3. The highest BCUT2D eigenvalue weighted by molar-refractivity contribution is 5.83. The molecule has 2 saturated carbocycles. The molecule has 0 radical (unpaired) electrons. The number of likely N-dealkylation sites (tertiary alicyclic amines) is 1. The molecule has 1 saturated heterocycles. The summed E-state index contributed by atoms with van der Waals surface area (Å²) in [4.78, 5) is 14.8. The second kappa shape index (κ2) is 4.98. The molecule has 0 spiro atoms. The summed E-state index contributed by atoms with van der Waals surface area (Å²) < 4.78 is 0. The summed E-state index contributed by atoms with van der Waals surface area (Å²) in [7, 11) is 0. The maximum atomic E-state index is 12.4. The number of nitrogens with zero attached hydrogens (tertiary/aromatic N) is 1. The van der Waals surface area contributed by atoms with Gasteiger partial charge in [0.1, 0.15) is 5.78 Å². The van der Waals surface area contributed by atoms with E-state index in [0.29, 0.717) is 31.2 Å². The van der Waals surface area contributed by atoms with Crippen LogP contribution in [0.4, 0.5) is 0 Å². The Morgan fingerprint density at radius 3 is 2.76 bits per heavy atom. The molecule has 3 atom stereocenters. The number of aliphatic hydroxyl groups is 1. The van der Waals surface area contributed by atoms with E-state index in [1.807, 2.05) is 6.07 Å². The minimum atomic E-state index is -1.01. The number of ketones is 1. The van der Waals surface area contributed by atoms with Gasteiger partial charge in [-0.3, -0.25) is 9.69 Å². The van der Waals surface area contributed by atoms with E-state index < -0.39 is 11.0 Å². The molecule has 3 fully saturated rings. The van der Waals surface area contributed by atoms with E-state index in [1.165, 1.54) is 18.9 Å². The van der Waals surface area contributed by atoms with E-state index in [9.17, 15) is 20.1 Å². The summed E-state index contributed by atoms with van der Waals surface area (Å²) in [5.41, 5.74) is -0.166. The smallest absolute Gasteiger partial charge is 0.161 e. The quantitative estimate of drug-likeness (QED) is 0.714. The third kappa shape index (κ3) is 1.99. The summed E-state index contributed by atoms with van der Waals surface area (Å²) in [5, 5.41) is 32.5. The van der Waals surface area contributed by atoms with Crippen molar-refractivity contribution in [2.45, 2.75) is 62.0 Å². The summed E-state index contributed by atoms with van der Waals surface area (Å²) in [5.74, 6) is 0.595. The van der Waals surface area contributed by atoms with Crippen LogP contribution >= 0.6 is 0 Å². The summed E-state index contributed by atoms with van der Waals surface area (Å²) in [6, 6.07) is 3.38. The van der Waals surface area contributed by atoms with Crippen LogP contribution in [-0.2, 0) is 16.6 Å². The van der Waals surface area contributed by atoms with Crippen molar-refractivity contribution in [3.8, 4) is 11.5 Å². The van der Waals surface area contributed by atoms with Crippen molar-refractivity contribution in [1.29, 1.82) is 0 Å². The van der Waals surface area contributed by atoms with Gasteiger partial charge in [-0.25, -0.2) is 0 Å². The van der Waals surface area contributed by atoms with Gasteiger partial charge in [-0.05, 0) is 56.2 Å². The standard InChI is InChI=1S/C20H25NO4/c22-14-5-6-20(25)16-9-13-3-4-15(23)18(24)17(13)19(20,10-14)7-8-21(16)11-12-1-2-12/h3-4,12,16,23-25H,1-2,5-11H2/t16-,19-,20-/m0/s1. The number of fused-ring (bicyclic) bond motifs is 1. The molecule has 1 heterocycles. The molecule has 0 aromatic heterocycles. The third-order valence-electron chi connectivity index (χ3n) is 7.25. The molecule has 3 aliphatic carbocycles. The van der Waals surface area contributed by atoms with E-state index in [1.54, 1.807) is 0 Å². The molecule has 3 N–H and O–H groups in total. The molecule has 1 aliphatic heterocycles.